The van der Waals surface area contributed by atoms with Gasteiger partial charge in [-0.3, -0.25) is 9.89 Å². The van der Waals surface area contributed by atoms with Gasteiger partial charge in [-0.25, -0.2) is 0 Å². The van der Waals surface area contributed by atoms with Crippen molar-refractivity contribution in [3.8, 4) is 0 Å². The van der Waals surface area contributed by atoms with Crippen molar-refractivity contribution in [3.63, 3.8) is 0 Å². The highest BCUT2D eigenvalue weighted by Gasteiger charge is 2.12. The van der Waals surface area contributed by atoms with Crippen LogP contribution in [0.3, 0.4) is 0 Å². The lowest BCUT2D eigenvalue weighted by Crippen LogP contribution is -2.35. The third-order valence-corrected chi connectivity index (χ3v) is 2.85. The molecule has 0 saturated heterocycles. The standard InChI is InChI=1S/C11H17N7O/c1-3-18(4-2)8(19)6-13-9-7-5-14-17-10(7)16-11(12)15-9/h5H,3-4,6H2,1-2H3,(H4,12,13,14,15,16,17). The number of nitrogens with zero attached hydrogens (tertiary/aromatic N) is 4. The number of aromatic nitrogens is 4. The molecule has 0 saturated carbocycles. The number of aromatic amines is 1. The van der Waals surface area contributed by atoms with E-state index in [9.17, 15) is 4.79 Å². The molecule has 0 aromatic carbocycles. The summed E-state index contributed by atoms with van der Waals surface area (Å²) in [4.78, 5) is 21.7. The van der Waals surface area contributed by atoms with Crippen molar-refractivity contribution >= 4 is 28.7 Å². The maximum Gasteiger partial charge on any atom is 0.241 e. The van der Waals surface area contributed by atoms with Crippen molar-refractivity contribution < 1.29 is 4.79 Å². The summed E-state index contributed by atoms with van der Waals surface area (Å²) in [6.07, 6.45) is 1.60. The Bertz CT molecular complexity index is 575. The maximum atomic E-state index is 11.9. The molecule has 19 heavy (non-hydrogen) atoms. The number of amides is 1. The number of hydrogen-bond acceptors (Lipinski definition) is 6. The van der Waals surface area contributed by atoms with Crippen LogP contribution < -0.4 is 11.1 Å². The van der Waals surface area contributed by atoms with Crippen molar-refractivity contribution in [3.05, 3.63) is 6.20 Å². The maximum absolute atomic E-state index is 11.9. The first kappa shape index (κ1) is 13.1. The predicted molar refractivity (Wildman–Crippen MR) is 72.5 cm³/mol. The van der Waals surface area contributed by atoms with Gasteiger partial charge in [0.2, 0.25) is 11.9 Å². The van der Waals surface area contributed by atoms with Crippen LogP contribution in [0.1, 0.15) is 13.8 Å². The molecule has 0 aliphatic heterocycles. The van der Waals surface area contributed by atoms with E-state index in [0.29, 0.717) is 29.9 Å². The van der Waals surface area contributed by atoms with E-state index < -0.39 is 0 Å². The summed E-state index contributed by atoms with van der Waals surface area (Å²) in [6, 6.07) is 0. The SMILES string of the molecule is CCN(CC)C(=O)CNc1nc(N)nc2[nH]ncc12. The number of fused-ring (bicyclic) bond motifs is 1. The molecule has 0 fully saturated rings. The lowest BCUT2D eigenvalue weighted by Gasteiger charge is -2.18. The Morgan fingerprint density at radius 3 is 2.84 bits per heavy atom. The number of nitrogens with two attached hydrogens (primary N) is 1. The van der Waals surface area contributed by atoms with Gasteiger partial charge in [0.1, 0.15) is 5.82 Å². The predicted octanol–water partition coefficient (Wildman–Crippen LogP) is 0.215. The van der Waals surface area contributed by atoms with E-state index in [1.54, 1.807) is 11.1 Å². The Balaban J connectivity index is 2.13. The molecule has 0 unspecified atom stereocenters. The Kier molecular flexibility index (Phi) is 3.79. The second-order valence-corrected chi connectivity index (χ2v) is 3.98. The second-order valence-electron chi connectivity index (χ2n) is 3.98. The largest absolute Gasteiger partial charge is 0.368 e. The summed E-state index contributed by atoms with van der Waals surface area (Å²) < 4.78 is 0. The normalized spacial score (nSPS) is 10.6. The van der Waals surface area contributed by atoms with Crippen LogP contribution in [0.15, 0.2) is 6.20 Å². The van der Waals surface area contributed by atoms with Crippen LogP contribution >= 0.6 is 0 Å². The second kappa shape index (κ2) is 5.51. The molecular weight excluding hydrogens is 246 g/mol. The van der Waals surface area contributed by atoms with E-state index in [1.807, 2.05) is 13.8 Å². The van der Waals surface area contributed by atoms with E-state index >= 15 is 0 Å². The molecule has 2 rings (SSSR count). The molecule has 2 aromatic heterocycles. The van der Waals surface area contributed by atoms with E-state index in [1.165, 1.54) is 0 Å². The van der Waals surface area contributed by atoms with E-state index in [-0.39, 0.29) is 18.4 Å². The van der Waals surface area contributed by atoms with E-state index in [4.69, 9.17) is 5.73 Å². The van der Waals surface area contributed by atoms with Crippen molar-refractivity contribution in [2.24, 2.45) is 0 Å². The van der Waals surface area contributed by atoms with Gasteiger partial charge < -0.3 is 16.0 Å². The lowest BCUT2D eigenvalue weighted by atomic mass is 10.3. The van der Waals surface area contributed by atoms with Gasteiger partial charge in [-0.05, 0) is 13.8 Å². The van der Waals surface area contributed by atoms with Crippen molar-refractivity contribution in [2.75, 3.05) is 30.7 Å². The van der Waals surface area contributed by atoms with Gasteiger partial charge >= 0.3 is 0 Å². The average molecular weight is 263 g/mol. The van der Waals surface area contributed by atoms with Crippen molar-refractivity contribution in [2.45, 2.75) is 13.8 Å². The first-order chi connectivity index (χ1) is 9.15. The Labute approximate surface area is 110 Å². The summed E-state index contributed by atoms with van der Waals surface area (Å²) >= 11 is 0. The van der Waals surface area contributed by atoms with Crippen LogP contribution in [-0.2, 0) is 4.79 Å². The van der Waals surface area contributed by atoms with E-state index in [0.717, 1.165) is 0 Å². The third kappa shape index (κ3) is 2.72. The molecule has 0 aliphatic carbocycles. The molecule has 0 aliphatic rings. The topological polar surface area (TPSA) is 113 Å². The monoisotopic (exact) mass is 263 g/mol. The van der Waals surface area contributed by atoms with Crippen LogP contribution in [0.2, 0.25) is 0 Å². The fourth-order valence-corrected chi connectivity index (χ4v) is 1.83. The highest BCUT2D eigenvalue weighted by Crippen LogP contribution is 2.18. The molecule has 8 heteroatoms. The zero-order chi connectivity index (χ0) is 13.8. The van der Waals surface area contributed by atoms with E-state index in [2.05, 4.69) is 25.5 Å². The Hall–Kier alpha value is -2.38. The van der Waals surface area contributed by atoms with Gasteiger partial charge in [0, 0.05) is 13.1 Å². The fraction of sp³-hybridized carbons (Fsp3) is 0.455. The third-order valence-electron chi connectivity index (χ3n) is 2.85. The van der Waals surface area contributed by atoms with Crippen LogP contribution in [-0.4, -0.2) is 50.6 Å². The fourth-order valence-electron chi connectivity index (χ4n) is 1.83. The van der Waals surface area contributed by atoms with Crippen molar-refractivity contribution in [1.82, 2.24) is 25.1 Å². The van der Waals surface area contributed by atoms with Gasteiger partial charge in [0.05, 0.1) is 18.1 Å². The number of nitrogen functional groups attached to an aromatic ring is 1. The quantitative estimate of drug-likeness (QED) is 0.711. The molecule has 1 amide bonds. The van der Waals surface area contributed by atoms with Gasteiger partial charge in [0.25, 0.3) is 0 Å². The summed E-state index contributed by atoms with van der Waals surface area (Å²) in [7, 11) is 0. The molecular formula is C11H17N7O. The molecule has 0 bridgehead atoms. The molecule has 8 nitrogen and oxygen atoms in total. The van der Waals surface area contributed by atoms with Crippen molar-refractivity contribution in [1.29, 1.82) is 0 Å². The van der Waals surface area contributed by atoms with Crippen LogP contribution in [0.25, 0.3) is 11.0 Å². The summed E-state index contributed by atoms with van der Waals surface area (Å²) in [6.45, 7) is 5.42. The highest BCUT2D eigenvalue weighted by molar-refractivity contribution is 5.89. The minimum absolute atomic E-state index is 0.0128. The molecule has 0 atom stereocenters. The molecule has 2 aromatic rings. The Morgan fingerprint density at radius 2 is 2.16 bits per heavy atom. The number of H-pyrrole nitrogens is 1. The van der Waals surface area contributed by atoms with Crippen LogP contribution in [0.5, 0.6) is 0 Å². The number of nitrogens with one attached hydrogen (secondary N) is 2. The van der Waals surface area contributed by atoms with Crippen LogP contribution in [0, 0.1) is 0 Å². The molecule has 4 N–H and O–H groups in total. The highest BCUT2D eigenvalue weighted by atomic mass is 16.2. The summed E-state index contributed by atoms with van der Waals surface area (Å²) in [5.41, 5.74) is 6.14. The van der Waals surface area contributed by atoms with Gasteiger partial charge in [0.15, 0.2) is 5.65 Å². The minimum atomic E-state index is 0.0128. The lowest BCUT2D eigenvalue weighted by molar-refractivity contribution is -0.128. The smallest absolute Gasteiger partial charge is 0.241 e. The number of likely N-dealkylation sites (N-methyl/N-ethyl adjacent to an activating group) is 1. The molecule has 2 heterocycles. The zero-order valence-corrected chi connectivity index (χ0v) is 11.0. The number of carbonyl (C=O) groups is 1. The summed E-state index contributed by atoms with van der Waals surface area (Å²) in [5, 5.41) is 10.3. The van der Waals surface area contributed by atoms with Gasteiger partial charge in [-0.2, -0.15) is 15.1 Å². The molecule has 0 radical (unpaired) electrons. The number of anilines is 2. The van der Waals surface area contributed by atoms with Crippen LogP contribution in [0.4, 0.5) is 11.8 Å². The molecule has 102 valence electrons. The molecule has 0 spiro atoms. The zero-order valence-electron chi connectivity index (χ0n) is 11.0. The number of carbonyl (C=O) groups excluding carboxylic acids is 1. The van der Waals surface area contributed by atoms with Gasteiger partial charge in [-0.1, -0.05) is 0 Å². The first-order valence-corrected chi connectivity index (χ1v) is 6.14. The number of hydrogen-bond donors (Lipinski definition) is 3. The average Bonchev–Trinajstić information content (AvgIpc) is 2.85. The summed E-state index contributed by atoms with van der Waals surface area (Å²) in [5.74, 6) is 0.658. The van der Waals surface area contributed by atoms with Gasteiger partial charge in [-0.15, -0.1) is 0 Å². The minimum Gasteiger partial charge on any atom is -0.368 e. The number of rotatable bonds is 5. The first-order valence-electron chi connectivity index (χ1n) is 6.14. The Morgan fingerprint density at radius 1 is 1.42 bits per heavy atom.